The van der Waals surface area contributed by atoms with Crippen molar-refractivity contribution in [2.24, 2.45) is 0 Å². The van der Waals surface area contributed by atoms with Gasteiger partial charge in [0.1, 0.15) is 0 Å². The van der Waals surface area contributed by atoms with Gasteiger partial charge in [0.25, 0.3) is 5.91 Å². The Hall–Kier alpha value is -2.77. The first-order valence-corrected chi connectivity index (χ1v) is 6.50. The number of nitrogens with one attached hydrogen (secondary N) is 1. The largest absolute Gasteiger partial charge is 0.457 e. The molecule has 1 amide bonds. The first-order chi connectivity index (χ1) is 10.8. The van der Waals surface area contributed by atoms with Crippen molar-refractivity contribution in [3.8, 4) is 0 Å². The molecule has 0 aliphatic carbocycles. The Kier molecular flexibility index (Phi) is 4.73. The third-order valence-corrected chi connectivity index (χ3v) is 2.83. The van der Waals surface area contributed by atoms with Gasteiger partial charge in [0, 0.05) is 5.69 Å². The monoisotopic (exact) mass is 327 g/mol. The van der Waals surface area contributed by atoms with Gasteiger partial charge in [0.2, 0.25) is 5.76 Å². The zero-order valence-electron chi connectivity index (χ0n) is 11.9. The molecule has 0 bridgehead atoms. The smallest absolute Gasteiger partial charge is 0.416 e. The average molecular weight is 327 g/mol. The zero-order chi connectivity index (χ0) is 17.0. The number of carbonyl (C=O) groups is 2. The van der Waals surface area contributed by atoms with E-state index in [2.05, 4.69) is 5.32 Å². The highest BCUT2D eigenvalue weighted by atomic mass is 19.4. The lowest BCUT2D eigenvalue weighted by atomic mass is 10.2. The number of carbonyl (C=O) groups excluding carboxylic acids is 2. The molecule has 0 saturated heterocycles. The molecule has 0 saturated carbocycles. The minimum atomic E-state index is -4.52. The summed E-state index contributed by atoms with van der Waals surface area (Å²) in [4.78, 5) is 23.5. The Morgan fingerprint density at radius 3 is 2.57 bits per heavy atom. The molecule has 0 fully saturated rings. The average Bonchev–Trinajstić information content (AvgIpc) is 3.00. The highest BCUT2D eigenvalue weighted by Gasteiger charge is 2.30. The van der Waals surface area contributed by atoms with E-state index in [0.717, 1.165) is 18.2 Å². The van der Waals surface area contributed by atoms with Crippen LogP contribution in [-0.4, -0.2) is 18.0 Å². The maximum atomic E-state index is 12.6. The number of ether oxygens (including phenoxy) is 1. The molecule has 8 heteroatoms. The maximum Gasteiger partial charge on any atom is 0.416 e. The molecule has 0 radical (unpaired) electrons. The number of benzene rings is 1. The summed E-state index contributed by atoms with van der Waals surface area (Å²) < 4.78 is 47.5. The third kappa shape index (κ3) is 4.35. The third-order valence-electron chi connectivity index (χ3n) is 2.83. The van der Waals surface area contributed by atoms with Gasteiger partial charge >= 0.3 is 12.1 Å². The Bertz CT molecular complexity index is 695. The second-order valence-electron chi connectivity index (χ2n) is 4.59. The molecule has 1 aromatic heterocycles. The van der Waals surface area contributed by atoms with Crippen molar-refractivity contribution in [2.45, 2.75) is 19.2 Å². The molecule has 0 spiro atoms. The van der Waals surface area contributed by atoms with E-state index in [4.69, 9.17) is 9.15 Å². The first-order valence-electron chi connectivity index (χ1n) is 6.50. The van der Waals surface area contributed by atoms with Crippen LogP contribution in [0.1, 0.15) is 23.0 Å². The summed E-state index contributed by atoms with van der Waals surface area (Å²) in [6, 6.07) is 6.98. The number of halogens is 3. The predicted molar refractivity (Wildman–Crippen MR) is 73.7 cm³/mol. The van der Waals surface area contributed by atoms with E-state index >= 15 is 0 Å². The van der Waals surface area contributed by atoms with Crippen LogP contribution in [0.15, 0.2) is 47.1 Å². The van der Waals surface area contributed by atoms with Gasteiger partial charge in [-0.05, 0) is 37.3 Å². The number of alkyl halides is 3. The Balaban J connectivity index is 2.00. The lowest BCUT2D eigenvalue weighted by molar-refractivity contribution is -0.137. The summed E-state index contributed by atoms with van der Waals surface area (Å²) in [5.74, 6) is -1.69. The van der Waals surface area contributed by atoms with Gasteiger partial charge in [0.05, 0.1) is 11.8 Å². The lowest BCUT2D eigenvalue weighted by Gasteiger charge is -2.14. The second kappa shape index (κ2) is 6.55. The fraction of sp³-hybridized carbons (Fsp3) is 0.200. The fourth-order valence-electron chi connectivity index (χ4n) is 1.68. The van der Waals surface area contributed by atoms with E-state index < -0.39 is 29.7 Å². The van der Waals surface area contributed by atoms with Crippen molar-refractivity contribution in [3.63, 3.8) is 0 Å². The van der Waals surface area contributed by atoms with E-state index in [1.165, 1.54) is 31.4 Å². The zero-order valence-corrected chi connectivity index (χ0v) is 11.9. The summed E-state index contributed by atoms with van der Waals surface area (Å²) in [5.41, 5.74) is -0.943. The number of anilines is 1. The Morgan fingerprint density at radius 2 is 1.96 bits per heavy atom. The van der Waals surface area contributed by atoms with Crippen molar-refractivity contribution in [3.05, 3.63) is 54.0 Å². The van der Waals surface area contributed by atoms with Crippen molar-refractivity contribution in [2.75, 3.05) is 5.32 Å². The van der Waals surface area contributed by atoms with Gasteiger partial charge in [-0.15, -0.1) is 0 Å². The van der Waals surface area contributed by atoms with Crippen LogP contribution >= 0.6 is 0 Å². The standard InChI is InChI=1S/C15H12F3NO4/c1-9(23-14(21)12-6-3-7-22-12)13(20)19-11-5-2-4-10(8-11)15(16,17)18/h2-9H,1H3,(H,19,20)/t9-/m0/s1. The number of furan rings is 1. The summed E-state index contributed by atoms with van der Waals surface area (Å²) in [7, 11) is 0. The number of rotatable bonds is 4. The van der Waals surface area contributed by atoms with Crippen LogP contribution in [0.2, 0.25) is 0 Å². The molecular weight excluding hydrogens is 315 g/mol. The van der Waals surface area contributed by atoms with E-state index in [1.54, 1.807) is 0 Å². The number of esters is 1. The first kappa shape index (κ1) is 16.6. The Labute approximate surface area is 129 Å². The van der Waals surface area contributed by atoms with Gasteiger partial charge in [-0.3, -0.25) is 4.79 Å². The van der Waals surface area contributed by atoms with Crippen LogP contribution in [0.4, 0.5) is 18.9 Å². The molecule has 122 valence electrons. The number of hydrogen-bond acceptors (Lipinski definition) is 4. The normalized spacial score (nSPS) is 12.5. The molecular formula is C15H12F3NO4. The number of amides is 1. The van der Waals surface area contributed by atoms with Crippen molar-refractivity contribution in [1.29, 1.82) is 0 Å². The van der Waals surface area contributed by atoms with Crippen molar-refractivity contribution in [1.82, 2.24) is 0 Å². The van der Waals surface area contributed by atoms with Gasteiger partial charge < -0.3 is 14.5 Å². The minimum Gasteiger partial charge on any atom is -0.457 e. The maximum absolute atomic E-state index is 12.6. The van der Waals surface area contributed by atoms with Crippen LogP contribution in [-0.2, 0) is 15.7 Å². The summed E-state index contributed by atoms with van der Waals surface area (Å²) in [6.45, 7) is 1.30. The molecule has 0 aliphatic rings. The summed E-state index contributed by atoms with van der Waals surface area (Å²) >= 11 is 0. The fourth-order valence-corrected chi connectivity index (χ4v) is 1.68. The molecule has 1 N–H and O–H groups in total. The van der Waals surface area contributed by atoms with Gasteiger partial charge in [-0.25, -0.2) is 4.79 Å². The van der Waals surface area contributed by atoms with Crippen LogP contribution in [0.3, 0.4) is 0 Å². The van der Waals surface area contributed by atoms with Crippen LogP contribution in [0.25, 0.3) is 0 Å². The molecule has 1 atom stereocenters. The molecule has 0 aliphatic heterocycles. The second-order valence-corrected chi connectivity index (χ2v) is 4.59. The molecule has 5 nitrogen and oxygen atoms in total. The number of hydrogen-bond donors (Lipinski definition) is 1. The molecule has 2 aromatic rings. The highest BCUT2D eigenvalue weighted by Crippen LogP contribution is 2.30. The quantitative estimate of drug-likeness (QED) is 0.873. The Morgan fingerprint density at radius 1 is 1.22 bits per heavy atom. The van der Waals surface area contributed by atoms with E-state index in [9.17, 15) is 22.8 Å². The van der Waals surface area contributed by atoms with Crippen molar-refractivity contribution >= 4 is 17.6 Å². The predicted octanol–water partition coefficient (Wildman–Crippen LogP) is 3.48. The minimum absolute atomic E-state index is 0.0503. The van der Waals surface area contributed by atoms with E-state index in [0.29, 0.717) is 0 Å². The van der Waals surface area contributed by atoms with Crippen LogP contribution in [0, 0.1) is 0 Å². The summed E-state index contributed by atoms with van der Waals surface area (Å²) in [6.07, 6.45) is -4.45. The van der Waals surface area contributed by atoms with E-state index in [1.807, 2.05) is 0 Å². The van der Waals surface area contributed by atoms with Gasteiger partial charge in [0.15, 0.2) is 6.10 Å². The summed E-state index contributed by atoms with van der Waals surface area (Å²) in [5, 5.41) is 2.26. The lowest BCUT2D eigenvalue weighted by Crippen LogP contribution is -2.30. The molecule has 0 unspecified atom stereocenters. The molecule has 1 heterocycles. The van der Waals surface area contributed by atoms with E-state index in [-0.39, 0.29) is 11.4 Å². The topological polar surface area (TPSA) is 68.5 Å². The van der Waals surface area contributed by atoms with Gasteiger partial charge in [-0.2, -0.15) is 13.2 Å². The molecule has 23 heavy (non-hydrogen) atoms. The highest BCUT2D eigenvalue weighted by molar-refractivity contribution is 5.96. The molecule has 2 rings (SSSR count). The molecule has 1 aromatic carbocycles. The van der Waals surface area contributed by atoms with Gasteiger partial charge in [-0.1, -0.05) is 6.07 Å². The van der Waals surface area contributed by atoms with Crippen LogP contribution in [0.5, 0.6) is 0 Å². The van der Waals surface area contributed by atoms with Crippen molar-refractivity contribution < 1.29 is 31.9 Å². The van der Waals surface area contributed by atoms with Crippen LogP contribution < -0.4 is 5.32 Å². The SMILES string of the molecule is C[C@H](OC(=O)c1ccco1)C(=O)Nc1cccc(C(F)(F)F)c1.